The molecule has 1 aromatic rings. The van der Waals surface area contributed by atoms with E-state index in [1.807, 2.05) is 12.1 Å². The van der Waals surface area contributed by atoms with E-state index < -0.39 is 6.10 Å². The normalized spacial score (nSPS) is 25.6. The Bertz CT molecular complexity index is 412. The molecule has 1 saturated heterocycles. The molecule has 1 fully saturated rings. The lowest BCUT2D eigenvalue weighted by Crippen LogP contribution is -2.49. The Morgan fingerprint density at radius 1 is 1.40 bits per heavy atom. The first-order valence-corrected chi connectivity index (χ1v) is 7.38. The first-order chi connectivity index (χ1) is 9.60. The predicted molar refractivity (Wildman–Crippen MR) is 78.9 cm³/mol. The molecule has 5 heteroatoms. The summed E-state index contributed by atoms with van der Waals surface area (Å²) >= 11 is 5.84. The van der Waals surface area contributed by atoms with Crippen molar-refractivity contribution < 1.29 is 14.9 Å². The van der Waals surface area contributed by atoms with Gasteiger partial charge in [-0.3, -0.25) is 4.90 Å². The van der Waals surface area contributed by atoms with Crippen molar-refractivity contribution in [2.24, 2.45) is 0 Å². The third-order valence-electron chi connectivity index (χ3n) is 3.78. The lowest BCUT2D eigenvalue weighted by atomic mass is 10.1. The number of halogens is 1. The molecule has 1 heterocycles. The Morgan fingerprint density at radius 2 is 2.10 bits per heavy atom. The van der Waals surface area contributed by atoms with Gasteiger partial charge in [-0.2, -0.15) is 0 Å². The average molecular weight is 300 g/mol. The van der Waals surface area contributed by atoms with E-state index in [9.17, 15) is 5.11 Å². The Labute approximate surface area is 124 Å². The molecule has 0 radical (unpaired) electrons. The minimum absolute atomic E-state index is 0.0446. The van der Waals surface area contributed by atoms with Gasteiger partial charge in [0.2, 0.25) is 0 Å². The Morgan fingerprint density at radius 3 is 2.75 bits per heavy atom. The van der Waals surface area contributed by atoms with Crippen LogP contribution in [0.25, 0.3) is 0 Å². The third kappa shape index (κ3) is 4.17. The average Bonchev–Trinajstić information content (AvgIpc) is 2.47. The minimum Gasteiger partial charge on any atom is -0.394 e. The van der Waals surface area contributed by atoms with Gasteiger partial charge in [-0.25, -0.2) is 0 Å². The molecule has 0 amide bonds. The number of benzene rings is 1. The molecule has 20 heavy (non-hydrogen) atoms. The van der Waals surface area contributed by atoms with E-state index in [2.05, 4.69) is 11.8 Å². The molecule has 1 aromatic carbocycles. The van der Waals surface area contributed by atoms with E-state index in [1.165, 1.54) is 0 Å². The van der Waals surface area contributed by atoms with E-state index in [1.54, 1.807) is 12.1 Å². The third-order valence-corrected chi connectivity index (χ3v) is 4.03. The molecular weight excluding hydrogens is 278 g/mol. The summed E-state index contributed by atoms with van der Waals surface area (Å²) in [6, 6.07) is 7.60. The van der Waals surface area contributed by atoms with E-state index in [-0.39, 0.29) is 12.7 Å². The van der Waals surface area contributed by atoms with Crippen LogP contribution in [-0.2, 0) is 4.74 Å². The second kappa shape index (κ2) is 7.38. The van der Waals surface area contributed by atoms with Crippen LogP contribution in [0.1, 0.15) is 25.0 Å². The van der Waals surface area contributed by atoms with Crippen molar-refractivity contribution in [3.05, 3.63) is 34.9 Å². The highest BCUT2D eigenvalue weighted by Crippen LogP contribution is 2.21. The first kappa shape index (κ1) is 15.7. The van der Waals surface area contributed by atoms with Gasteiger partial charge in [-0.1, -0.05) is 23.7 Å². The van der Waals surface area contributed by atoms with Gasteiger partial charge in [0, 0.05) is 24.2 Å². The van der Waals surface area contributed by atoms with Gasteiger partial charge in [0.25, 0.3) is 0 Å². The maximum absolute atomic E-state index is 10.2. The molecule has 4 nitrogen and oxygen atoms in total. The first-order valence-electron chi connectivity index (χ1n) is 7.00. The van der Waals surface area contributed by atoms with Crippen molar-refractivity contribution in [1.82, 2.24) is 4.90 Å². The van der Waals surface area contributed by atoms with E-state index in [0.717, 1.165) is 12.1 Å². The largest absolute Gasteiger partial charge is 0.394 e. The standard InChI is InChI=1S/C15H22ClNO3/c1-11-10-20-14(9-18)8-17(11)7-6-15(19)12-2-4-13(16)5-3-12/h2-5,11,14-15,18-19H,6-10H2,1H3. The number of nitrogens with zero attached hydrogens (tertiary/aromatic N) is 1. The zero-order chi connectivity index (χ0) is 14.5. The highest BCUT2D eigenvalue weighted by Gasteiger charge is 2.25. The van der Waals surface area contributed by atoms with Crippen LogP contribution < -0.4 is 0 Å². The van der Waals surface area contributed by atoms with Gasteiger partial charge >= 0.3 is 0 Å². The van der Waals surface area contributed by atoms with Gasteiger partial charge in [-0.05, 0) is 31.0 Å². The quantitative estimate of drug-likeness (QED) is 0.871. The maximum atomic E-state index is 10.2. The van der Waals surface area contributed by atoms with Gasteiger partial charge in [0.05, 0.1) is 25.4 Å². The fourth-order valence-electron chi connectivity index (χ4n) is 2.44. The SMILES string of the molecule is CC1COC(CO)CN1CCC(O)c1ccc(Cl)cc1. The van der Waals surface area contributed by atoms with Crippen molar-refractivity contribution in [3.8, 4) is 0 Å². The summed E-state index contributed by atoms with van der Waals surface area (Å²) in [6.45, 7) is 4.27. The smallest absolute Gasteiger partial charge is 0.0933 e. The number of morpholine rings is 1. The molecule has 2 N–H and O–H groups in total. The van der Waals surface area contributed by atoms with Crippen LogP contribution in [0.4, 0.5) is 0 Å². The number of rotatable bonds is 5. The van der Waals surface area contributed by atoms with Crippen molar-refractivity contribution in [3.63, 3.8) is 0 Å². The fourth-order valence-corrected chi connectivity index (χ4v) is 2.56. The number of hydrogen-bond acceptors (Lipinski definition) is 4. The summed E-state index contributed by atoms with van der Waals surface area (Å²) in [5, 5.41) is 20.0. The molecule has 0 saturated carbocycles. The van der Waals surface area contributed by atoms with Crippen molar-refractivity contribution in [2.75, 3.05) is 26.3 Å². The molecule has 2 rings (SSSR count). The van der Waals surface area contributed by atoms with E-state index in [4.69, 9.17) is 21.4 Å². The molecule has 112 valence electrons. The second-order valence-electron chi connectivity index (χ2n) is 5.34. The van der Waals surface area contributed by atoms with Gasteiger partial charge < -0.3 is 14.9 Å². The van der Waals surface area contributed by atoms with E-state index >= 15 is 0 Å². The van der Waals surface area contributed by atoms with Gasteiger partial charge in [0.15, 0.2) is 0 Å². The van der Waals surface area contributed by atoms with E-state index in [0.29, 0.717) is 30.6 Å². The fraction of sp³-hybridized carbons (Fsp3) is 0.600. The molecule has 1 aliphatic rings. The monoisotopic (exact) mass is 299 g/mol. The molecule has 3 atom stereocenters. The van der Waals surface area contributed by atoms with Gasteiger partial charge in [-0.15, -0.1) is 0 Å². The Hall–Kier alpha value is -0.650. The molecule has 0 aliphatic carbocycles. The van der Waals surface area contributed by atoms with Gasteiger partial charge in [0.1, 0.15) is 0 Å². The van der Waals surface area contributed by atoms with Crippen molar-refractivity contribution in [1.29, 1.82) is 0 Å². The molecule has 1 aliphatic heterocycles. The van der Waals surface area contributed by atoms with Crippen LogP contribution in [0.3, 0.4) is 0 Å². The van der Waals surface area contributed by atoms with Crippen LogP contribution in [0, 0.1) is 0 Å². The molecule has 0 bridgehead atoms. The molecule has 3 unspecified atom stereocenters. The zero-order valence-electron chi connectivity index (χ0n) is 11.7. The minimum atomic E-state index is -0.491. The zero-order valence-corrected chi connectivity index (χ0v) is 12.5. The predicted octanol–water partition coefficient (Wildman–Crippen LogP) is 1.85. The van der Waals surface area contributed by atoms with Crippen LogP contribution in [0.2, 0.25) is 5.02 Å². The topological polar surface area (TPSA) is 52.9 Å². The second-order valence-corrected chi connectivity index (χ2v) is 5.77. The summed E-state index contributed by atoms with van der Waals surface area (Å²) in [6.07, 6.45) is 0.0539. The highest BCUT2D eigenvalue weighted by atomic mass is 35.5. The molecule has 0 aromatic heterocycles. The lowest BCUT2D eigenvalue weighted by Gasteiger charge is -2.37. The molecular formula is C15H22ClNO3. The number of ether oxygens (including phenoxy) is 1. The lowest BCUT2D eigenvalue weighted by molar-refractivity contribution is -0.0800. The Kier molecular flexibility index (Phi) is 5.81. The summed E-state index contributed by atoms with van der Waals surface area (Å²) in [7, 11) is 0. The number of aliphatic hydroxyl groups is 2. The van der Waals surface area contributed by atoms with Crippen molar-refractivity contribution >= 4 is 11.6 Å². The highest BCUT2D eigenvalue weighted by molar-refractivity contribution is 6.30. The van der Waals surface area contributed by atoms with Crippen LogP contribution >= 0.6 is 11.6 Å². The summed E-state index contributed by atoms with van der Waals surface area (Å²) in [5.74, 6) is 0. The summed E-state index contributed by atoms with van der Waals surface area (Å²) in [4.78, 5) is 2.25. The summed E-state index contributed by atoms with van der Waals surface area (Å²) < 4.78 is 5.51. The molecule has 0 spiro atoms. The number of hydrogen-bond donors (Lipinski definition) is 2. The van der Waals surface area contributed by atoms with Crippen LogP contribution in [0.5, 0.6) is 0 Å². The van der Waals surface area contributed by atoms with Crippen LogP contribution in [-0.4, -0.2) is 53.6 Å². The maximum Gasteiger partial charge on any atom is 0.0933 e. The summed E-state index contributed by atoms with van der Waals surface area (Å²) in [5.41, 5.74) is 0.883. The Balaban J connectivity index is 1.85. The van der Waals surface area contributed by atoms with Crippen LogP contribution in [0.15, 0.2) is 24.3 Å². The van der Waals surface area contributed by atoms with Crippen molar-refractivity contribution in [2.45, 2.75) is 31.6 Å². The number of aliphatic hydroxyl groups excluding tert-OH is 2.